The van der Waals surface area contributed by atoms with Crippen LogP contribution in [0, 0.1) is 0 Å². The van der Waals surface area contributed by atoms with Crippen molar-refractivity contribution in [1.29, 1.82) is 0 Å². The maximum absolute atomic E-state index is 11.8. The number of hydrogen-bond donors (Lipinski definition) is 1. The Balaban J connectivity index is 1.46. The van der Waals surface area contributed by atoms with Gasteiger partial charge in [0.05, 0.1) is 11.4 Å². The second-order valence-corrected chi connectivity index (χ2v) is 9.36. The molecule has 0 spiro atoms. The van der Waals surface area contributed by atoms with Crippen LogP contribution in [0.4, 0.5) is 0 Å². The number of aromatic nitrogens is 1. The van der Waals surface area contributed by atoms with Gasteiger partial charge in [-0.3, -0.25) is 0 Å². The number of aliphatic carboxylic acids is 1. The van der Waals surface area contributed by atoms with E-state index in [9.17, 15) is 9.90 Å². The lowest BCUT2D eigenvalue weighted by molar-refractivity contribution is -0.145. The Kier molecular flexibility index (Phi) is 7.01. The summed E-state index contributed by atoms with van der Waals surface area (Å²) >= 11 is 3.53. The van der Waals surface area contributed by atoms with E-state index in [0.29, 0.717) is 12.2 Å². The molecule has 0 radical (unpaired) electrons. The van der Waals surface area contributed by atoms with Gasteiger partial charge in [-0.25, -0.2) is 4.79 Å². The Labute approximate surface area is 218 Å². The number of carboxylic acids is 1. The Hall–Kier alpha value is -4.09. The van der Waals surface area contributed by atoms with Gasteiger partial charge in [-0.15, -0.1) is 0 Å². The molecular weight excluding hydrogens is 514 g/mol. The quantitative estimate of drug-likeness (QED) is 0.221. The largest absolute Gasteiger partial charge is 0.478 e. The predicted molar refractivity (Wildman–Crippen MR) is 147 cm³/mol. The topological polar surface area (TPSA) is 51.5 Å². The third-order valence-corrected chi connectivity index (χ3v) is 6.53. The minimum atomic E-state index is -0.987. The van der Waals surface area contributed by atoms with Crippen LogP contribution in [0.3, 0.4) is 0 Å². The number of halogens is 1. The molecule has 178 valence electrons. The fourth-order valence-electron chi connectivity index (χ4n) is 4.24. The van der Waals surface area contributed by atoms with Crippen molar-refractivity contribution in [3.8, 4) is 34.0 Å². The van der Waals surface area contributed by atoms with Crippen molar-refractivity contribution >= 4 is 21.9 Å². The highest BCUT2D eigenvalue weighted by atomic mass is 79.9. The highest BCUT2D eigenvalue weighted by Gasteiger charge is 2.20. The molecule has 4 aromatic carbocycles. The zero-order valence-electron chi connectivity index (χ0n) is 19.4. The minimum Gasteiger partial charge on any atom is -0.478 e. The lowest BCUT2D eigenvalue weighted by Gasteiger charge is -2.17. The molecule has 0 aliphatic rings. The monoisotopic (exact) mass is 537 g/mol. The fraction of sp³-hybridized carbons (Fsp3) is 0.0645. The summed E-state index contributed by atoms with van der Waals surface area (Å²) in [6.45, 7) is 0. The van der Waals surface area contributed by atoms with E-state index in [2.05, 4.69) is 56.9 Å². The summed E-state index contributed by atoms with van der Waals surface area (Å²) in [5.41, 5.74) is 6.21. The maximum atomic E-state index is 11.8. The van der Waals surface area contributed by atoms with Crippen LogP contribution >= 0.6 is 15.9 Å². The third-order valence-electron chi connectivity index (χ3n) is 6.00. The molecule has 1 aromatic heterocycles. The number of benzene rings is 4. The summed E-state index contributed by atoms with van der Waals surface area (Å²) in [5, 5.41) is 9.69. The van der Waals surface area contributed by atoms with E-state index in [0.717, 1.165) is 38.2 Å². The molecule has 0 fully saturated rings. The zero-order valence-corrected chi connectivity index (χ0v) is 21.0. The lowest BCUT2D eigenvalue weighted by Crippen LogP contribution is -2.29. The highest BCUT2D eigenvalue weighted by molar-refractivity contribution is 9.10. The van der Waals surface area contributed by atoms with Crippen molar-refractivity contribution in [2.75, 3.05) is 0 Å². The molecule has 0 unspecified atom stereocenters. The number of carbonyl (C=O) groups is 1. The van der Waals surface area contributed by atoms with Gasteiger partial charge in [0.2, 0.25) is 0 Å². The van der Waals surface area contributed by atoms with Crippen molar-refractivity contribution in [2.24, 2.45) is 0 Å². The van der Waals surface area contributed by atoms with Gasteiger partial charge < -0.3 is 14.4 Å². The van der Waals surface area contributed by atoms with Gasteiger partial charge in [-0.1, -0.05) is 76.6 Å². The molecule has 5 heteroatoms. The lowest BCUT2D eigenvalue weighted by atomic mass is 10.1. The molecule has 0 saturated carbocycles. The highest BCUT2D eigenvalue weighted by Crippen LogP contribution is 2.33. The van der Waals surface area contributed by atoms with Crippen molar-refractivity contribution in [3.05, 3.63) is 131 Å². The Bertz CT molecular complexity index is 1440. The van der Waals surface area contributed by atoms with Crippen LogP contribution in [0.25, 0.3) is 28.2 Å². The average Bonchev–Trinajstić information content (AvgIpc) is 3.35. The Morgan fingerprint density at radius 1 is 0.722 bits per heavy atom. The minimum absolute atomic E-state index is 0.296. The second-order valence-electron chi connectivity index (χ2n) is 8.44. The van der Waals surface area contributed by atoms with E-state index < -0.39 is 12.1 Å². The first kappa shape index (κ1) is 23.6. The molecule has 1 atom stereocenters. The molecule has 1 heterocycles. The molecule has 1 N–H and O–H groups in total. The number of nitrogens with zero attached hydrogens (tertiary/aromatic N) is 1. The number of rotatable bonds is 8. The smallest absolute Gasteiger partial charge is 0.345 e. The molecule has 0 aliphatic carbocycles. The van der Waals surface area contributed by atoms with Crippen LogP contribution in [0.2, 0.25) is 0 Å². The van der Waals surface area contributed by atoms with Crippen molar-refractivity contribution < 1.29 is 14.6 Å². The maximum Gasteiger partial charge on any atom is 0.345 e. The van der Waals surface area contributed by atoms with Gasteiger partial charge in [0.15, 0.2) is 6.10 Å². The van der Waals surface area contributed by atoms with Crippen LogP contribution in [0.15, 0.2) is 126 Å². The van der Waals surface area contributed by atoms with Gasteiger partial charge in [-0.05, 0) is 77.4 Å². The van der Waals surface area contributed by atoms with Gasteiger partial charge in [-0.2, -0.15) is 0 Å². The predicted octanol–water partition coefficient (Wildman–Crippen LogP) is 7.65. The normalized spacial score (nSPS) is 11.7. The van der Waals surface area contributed by atoms with Crippen LogP contribution in [-0.2, 0) is 11.2 Å². The van der Waals surface area contributed by atoms with E-state index in [1.165, 1.54) is 0 Å². The molecule has 5 rings (SSSR count). The van der Waals surface area contributed by atoms with E-state index in [4.69, 9.17) is 4.74 Å². The van der Waals surface area contributed by atoms with E-state index in [1.807, 2.05) is 84.9 Å². The average molecular weight is 538 g/mol. The van der Waals surface area contributed by atoms with Crippen LogP contribution in [-0.4, -0.2) is 21.7 Å². The van der Waals surface area contributed by atoms with Crippen molar-refractivity contribution in [1.82, 2.24) is 4.57 Å². The van der Waals surface area contributed by atoms with Crippen LogP contribution in [0.5, 0.6) is 5.75 Å². The van der Waals surface area contributed by atoms with Gasteiger partial charge >= 0.3 is 5.97 Å². The van der Waals surface area contributed by atoms with Crippen LogP contribution < -0.4 is 4.74 Å². The first-order chi connectivity index (χ1) is 17.6. The summed E-state index contributed by atoms with van der Waals surface area (Å²) < 4.78 is 9.11. The third kappa shape index (κ3) is 5.26. The van der Waals surface area contributed by atoms with E-state index >= 15 is 0 Å². The summed E-state index contributed by atoms with van der Waals surface area (Å²) in [6.07, 6.45) is -0.667. The number of carboxylic acid groups (broad SMARTS) is 1. The molecule has 4 nitrogen and oxygen atoms in total. The number of hydrogen-bond acceptors (Lipinski definition) is 2. The summed E-state index contributed by atoms with van der Waals surface area (Å²) in [5.74, 6) is -0.466. The molecule has 0 amide bonds. The number of ether oxygens (including phenoxy) is 1. The van der Waals surface area contributed by atoms with Crippen LogP contribution in [0.1, 0.15) is 5.56 Å². The summed E-state index contributed by atoms with van der Waals surface area (Å²) in [6, 6.07) is 39.9. The molecule has 36 heavy (non-hydrogen) atoms. The molecule has 5 aromatic rings. The summed E-state index contributed by atoms with van der Waals surface area (Å²) in [4.78, 5) is 11.8. The Morgan fingerprint density at radius 2 is 1.28 bits per heavy atom. The molecule has 0 saturated heterocycles. The van der Waals surface area contributed by atoms with Gasteiger partial charge in [0, 0.05) is 16.6 Å². The van der Waals surface area contributed by atoms with Gasteiger partial charge in [0.1, 0.15) is 5.75 Å². The second kappa shape index (κ2) is 10.7. The van der Waals surface area contributed by atoms with E-state index in [1.54, 1.807) is 0 Å². The van der Waals surface area contributed by atoms with Crippen molar-refractivity contribution in [3.63, 3.8) is 0 Å². The summed E-state index contributed by atoms with van der Waals surface area (Å²) in [7, 11) is 0. The first-order valence-electron chi connectivity index (χ1n) is 11.7. The zero-order chi connectivity index (χ0) is 24.9. The molecule has 0 aliphatic heterocycles. The molecule has 0 bridgehead atoms. The first-order valence-corrected chi connectivity index (χ1v) is 12.4. The SMILES string of the molecule is O=C(O)[C@@H](Cc1ccccc1)Oc1ccc(-c2ccc(-c3ccccc3)n2-c2ccc(Br)cc2)cc1. The fourth-order valence-corrected chi connectivity index (χ4v) is 4.51. The van der Waals surface area contributed by atoms with Crippen molar-refractivity contribution in [2.45, 2.75) is 12.5 Å². The Morgan fingerprint density at radius 3 is 1.86 bits per heavy atom. The van der Waals surface area contributed by atoms with Gasteiger partial charge in [0.25, 0.3) is 0 Å². The standard InChI is InChI=1S/C31H24BrNO3/c32-25-13-15-26(16-14-25)33-28(23-9-5-2-6-10-23)19-20-29(33)24-11-17-27(18-12-24)36-30(31(34)35)21-22-7-3-1-4-8-22/h1-20,30H,21H2,(H,34,35)/t30-/m1/s1. The molecular formula is C31H24BrNO3. The van der Waals surface area contributed by atoms with E-state index in [-0.39, 0.29) is 0 Å².